The molecule has 21 heavy (non-hydrogen) atoms. The number of carbonyl (C=O) groups excluding carboxylic acids is 1. The average Bonchev–Trinajstić information content (AvgIpc) is 2.46. The van der Waals surface area contributed by atoms with E-state index in [-0.39, 0.29) is 22.1 Å². The summed E-state index contributed by atoms with van der Waals surface area (Å²) < 4.78 is 24.1. The van der Waals surface area contributed by atoms with Crippen LogP contribution in [0.15, 0.2) is 34.8 Å². The van der Waals surface area contributed by atoms with E-state index in [0.29, 0.717) is 10.2 Å². The van der Waals surface area contributed by atoms with Crippen LogP contribution in [0.25, 0.3) is 0 Å². The fourth-order valence-electron chi connectivity index (χ4n) is 1.57. The predicted molar refractivity (Wildman–Crippen MR) is 81.4 cm³/mol. The second-order valence-electron chi connectivity index (χ2n) is 4.04. The van der Waals surface area contributed by atoms with Crippen molar-refractivity contribution in [2.75, 3.05) is 12.8 Å². The minimum absolute atomic E-state index is 0.0366. The quantitative estimate of drug-likeness (QED) is 0.491. The largest absolute Gasteiger partial charge is 0.465 e. The highest BCUT2D eigenvalue weighted by atomic mass is 79.9. The molecule has 0 saturated carbocycles. The number of hydrogen-bond acceptors (Lipinski definition) is 4. The average molecular weight is 375 g/mol. The van der Waals surface area contributed by atoms with Crippen LogP contribution in [0.4, 0.5) is 10.1 Å². The van der Waals surface area contributed by atoms with Gasteiger partial charge in [0.15, 0.2) is 5.75 Å². The first-order valence-electron chi connectivity index (χ1n) is 5.72. The lowest BCUT2D eigenvalue weighted by molar-refractivity contribution is 0.0600. The number of nitrogens with two attached hydrogens (primary N) is 1. The maximum atomic E-state index is 13.5. The van der Waals surface area contributed by atoms with Crippen LogP contribution < -0.4 is 10.5 Å². The van der Waals surface area contributed by atoms with E-state index in [0.717, 1.165) is 6.07 Å². The molecule has 2 N–H and O–H groups in total. The van der Waals surface area contributed by atoms with Gasteiger partial charge in [-0.1, -0.05) is 11.6 Å². The Morgan fingerprint density at radius 3 is 2.67 bits per heavy atom. The van der Waals surface area contributed by atoms with Crippen LogP contribution >= 0.6 is 27.5 Å². The first kappa shape index (κ1) is 15.6. The first-order chi connectivity index (χ1) is 9.92. The van der Waals surface area contributed by atoms with Gasteiger partial charge in [-0.2, -0.15) is 0 Å². The highest BCUT2D eigenvalue weighted by molar-refractivity contribution is 9.10. The Kier molecular flexibility index (Phi) is 4.69. The first-order valence-corrected chi connectivity index (χ1v) is 6.89. The molecule has 0 unspecified atom stereocenters. The highest BCUT2D eigenvalue weighted by Crippen LogP contribution is 2.36. The molecular weight excluding hydrogens is 365 g/mol. The third-order valence-electron chi connectivity index (χ3n) is 2.63. The summed E-state index contributed by atoms with van der Waals surface area (Å²) in [5, 5.41) is -0.0366. The van der Waals surface area contributed by atoms with E-state index in [4.69, 9.17) is 22.1 Å². The van der Waals surface area contributed by atoms with E-state index in [1.807, 2.05) is 0 Å². The molecule has 0 radical (unpaired) electrons. The summed E-state index contributed by atoms with van der Waals surface area (Å²) in [6, 6.07) is 6.91. The zero-order valence-corrected chi connectivity index (χ0v) is 13.2. The van der Waals surface area contributed by atoms with Crippen molar-refractivity contribution in [2.45, 2.75) is 0 Å². The van der Waals surface area contributed by atoms with Gasteiger partial charge in [-0.25, -0.2) is 9.18 Å². The molecule has 0 amide bonds. The van der Waals surface area contributed by atoms with Crippen molar-refractivity contribution in [2.24, 2.45) is 0 Å². The van der Waals surface area contributed by atoms with E-state index in [9.17, 15) is 9.18 Å². The van der Waals surface area contributed by atoms with Crippen molar-refractivity contribution in [1.82, 2.24) is 0 Å². The molecule has 0 aliphatic heterocycles. The van der Waals surface area contributed by atoms with E-state index < -0.39 is 11.8 Å². The summed E-state index contributed by atoms with van der Waals surface area (Å²) in [6.45, 7) is 0. The van der Waals surface area contributed by atoms with Crippen LogP contribution in [-0.4, -0.2) is 13.1 Å². The Labute approximate surface area is 133 Å². The molecular formula is C14H10BrClFNO3. The molecule has 2 aromatic rings. The Bertz CT molecular complexity index is 709. The van der Waals surface area contributed by atoms with Crippen molar-refractivity contribution < 1.29 is 18.7 Å². The minimum Gasteiger partial charge on any atom is -0.465 e. The van der Waals surface area contributed by atoms with Gasteiger partial charge < -0.3 is 15.2 Å². The maximum absolute atomic E-state index is 13.5. The summed E-state index contributed by atoms with van der Waals surface area (Å²) >= 11 is 8.88. The Morgan fingerprint density at radius 1 is 1.29 bits per heavy atom. The Hall–Kier alpha value is -1.79. The van der Waals surface area contributed by atoms with E-state index >= 15 is 0 Å². The lowest BCUT2D eigenvalue weighted by Crippen LogP contribution is -2.02. The van der Waals surface area contributed by atoms with Crippen LogP contribution in [-0.2, 0) is 4.74 Å². The van der Waals surface area contributed by atoms with Crippen LogP contribution in [0.1, 0.15) is 10.4 Å². The molecule has 0 bridgehead atoms. The zero-order chi connectivity index (χ0) is 15.6. The number of methoxy groups -OCH3 is 1. The zero-order valence-electron chi connectivity index (χ0n) is 10.8. The lowest BCUT2D eigenvalue weighted by Gasteiger charge is -2.11. The Balaban J connectivity index is 2.39. The summed E-state index contributed by atoms with van der Waals surface area (Å²) in [5.41, 5.74) is 6.35. The van der Waals surface area contributed by atoms with Crippen molar-refractivity contribution in [3.63, 3.8) is 0 Å². The number of nitrogen functional groups attached to an aromatic ring is 1. The molecule has 0 saturated heterocycles. The fraction of sp³-hybridized carbons (Fsp3) is 0.0714. The van der Waals surface area contributed by atoms with Crippen LogP contribution in [0, 0.1) is 5.82 Å². The fourth-order valence-corrected chi connectivity index (χ4v) is 2.29. The van der Waals surface area contributed by atoms with Crippen LogP contribution in [0.2, 0.25) is 5.02 Å². The van der Waals surface area contributed by atoms with Gasteiger partial charge in [-0.05, 0) is 40.2 Å². The molecule has 2 aromatic carbocycles. The number of benzene rings is 2. The van der Waals surface area contributed by atoms with Gasteiger partial charge in [0.2, 0.25) is 0 Å². The molecule has 0 spiro atoms. The van der Waals surface area contributed by atoms with Gasteiger partial charge in [-0.3, -0.25) is 0 Å². The van der Waals surface area contributed by atoms with Crippen LogP contribution in [0.3, 0.4) is 0 Å². The minimum atomic E-state index is -0.627. The van der Waals surface area contributed by atoms with Gasteiger partial charge in [0.1, 0.15) is 11.6 Å². The topological polar surface area (TPSA) is 61.5 Å². The van der Waals surface area contributed by atoms with E-state index in [2.05, 4.69) is 20.7 Å². The van der Waals surface area contributed by atoms with Crippen molar-refractivity contribution in [3.05, 3.63) is 51.2 Å². The second-order valence-corrected chi connectivity index (χ2v) is 5.30. The molecule has 2 rings (SSSR count). The molecule has 0 heterocycles. The Morgan fingerprint density at radius 2 is 2.00 bits per heavy atom. The molecule has 0 aliphatic rings. The normalized spacial score (nSPS) is 10.3. The second kappa shape index (κ2) is 6.32. The van der Waals surface area contributed by atoms with Crippen LogP contribution in [0.5, 0.6) is 11.5 Å². The number of carbonyl (C=O) groups is 1. The molecule has 0 aliphatic carbocycles. The number of rotatable bonds is 3. The summed E-state index contributed by atoms with van der Waals surface area (Å²) in [7, 11) is 1.27. The molecule has 0 atom stereocenters. The van der Waals surface area contributed by atoms with E-state index in [1.165, 1.54) is 31.4 Å². The number of anilines is 1. The standard InChI is InChI=1S/C14H10BrClFNO3/c1-20-14(19)7-2-3-11(18)13(4-7)21-12-6-10(17)9(16)5-8(12)15/h2-6H,18H2,1H3. The monoisotopic (exact) mass is 373 g/mol. The number of esters is 1. The predicted octanol–water partition coefficient (Wildman–Crippen LogP) is 4.40. The summed E-state index contributed by atoms with van der Waals surface area (Å²) in [4.78, 5) is 11.5. The molecule has 4 nitrogen and oxygen atoms in total. The van der Waals surface area contributed by atoms with Crippen molar-refractivity contribution in [3.8, 4) is 11.5 Å². The van der Waals surface area contributed by atoms with Gasteiger partial charge in [0.05, 0.1) is 27.9 Å². The SMILES string of the molecule is COC(=O)c1ccc(N)c(Oc2cc(F)c(Cl)cc2Br)c1. The smallest absolute Gasteiger partial charge is 0.337 e. The van der Waals surface area contributed by atoms with Crippen molar-refractivity contribution in [1.29, 1.82) is 0 Å². The van der Waals surface area contributed by atoms with E-state index in [1.54, 1.807) is 0 Å². The molecule has 7 heteroatoms. The maximum Gasteiger partial charge on any atom is 0.337 e. The highest BCUT2D eigenvalue weighted by Gasteiger charge is 2.13. The van der Waals surface area contributed by atoms with Gasteiger partial charge >= 0.3 is 5.97 Å². The van der Waals surface area contributed by atoms with Crippen molar-refractivity contribution >= 4 is 39.2 Å². The molecule has 0 fully saturated rings. The number of ether oxygens (including phenoxy) is 2. The number of halogens is 3. The third kappa shape index (κ3) is 3.46. The summed E-state index contributed by atoms with van der Waals surface area (Å²) in [5.74, 6) is -0.760. The van der Waals surface area contributed by atoms with Gasteiger partial charge in [0, 0.05) is 6.07 Å². The third-order valence-corrected chi connectivity index (χ3v) is 3.54. The van der Waals surface area contributed by atoms with Gasteiger partial charge in [0.25, 0.3) is 0 Å². The lowest BCUT2D eigenvalue weighted by atomic mass is 10.2. The molecule has 0 aromatic heterocycles. The van der Waals surface area contributed by atoms with Gasteiger partial charge in [-0.15, -0.1) is 0 Å². The number of hydrogen-bond donors (Lipinski definition) is 1. The molecule has 110 valence electrons. The summed E-state index contributed by atoms with van der Waals surface area (Å²) in [6.07, 6.45) is 0.